The van der Waals surface area contributed by atoms with Gasteiger partial charge in [-0.15, -0.1) is 0 Å². The number of hydrogen-bond donors (Lipinski definition) is 0. The van der Waals surface area contributed by atoms with E-state index in [9.17, 15) is 26.3 Å². The smallest absolute Gasteiger partial charge is 0.422 e. The van der Waals surface area contributed by atoms with E-state index in [1.807, 2.05) is 0 Å². The minimum Gasteiger partial charge on any atom is -0.497 e. The molecule has 2 aromatic carbocycles. The van der Waals surface area contributed by atoms with Gasteiger partial charge < -0.3 is 4.74 Å². The van der Waals surface area contributed by atoms with E-state index >= 15 is 0 Å². The maximum atomic E-state index is 13.5. The van der Waals surface area contributed by atoms with E-state index in [-0.39, 0.29) is 11.1 Å². The third-order valence-electron chi connectivity index (χ3n) is 4.47. The number of pyridine rings is 1. The molecule has 29 heavy (non-hydrogen) atoms. The van der Waals surface area contributed by atoms with Crippen LogP contribution < -0.4 is 9.30 Å². The number of fused-ring (bicyclic) bond motifs is 1. The van der Waals surface area contributed by atoms with Gasteiger partial charge in [0.25, 0.3) is 0 Å². The van der Waals surface area contributed by atoms with Crippen LogP contribution in [0.5, 0.6) is 5.75 Å². The Morgan fingerprint density at radius 1 is 0.828 bits per heavy atom. The molecule has 3 rings (SSSR count). The second kappa shape index (κ2) is 7.42. The fourth-order valence-electron chi connectivity index (χ4n) is 3.01. The van der Waals surface area contributed by atoms with Gasteiger partial charge in [0.2, 0.25) is 5.69 Å². The molecule has 152 valence electrons. The molecule has 1 heterocycles. The third-order valence-corrected chi connectivity index (χ3v) is 4.47. The number of rotatable bonds is 3. The van der Waals surface area contributed by atoms with Gasteiger partial charge in [-0.25, -0.2) is 4.57 Å². The van der Waals surface area contributed by atoms with Gasteiger partial charge in [-0.1, -0.05) is 12.1 Å². The maximum Gasteiger partial charge on any atom is 0.422 e. The number of hydrogen-bond acceptors (Lipinski definition) is 1. The number of aryl methyl sites for hydroxylation is 1. The summed E-state index contributed by atoms with van der Waals surface area (Å²) >= 11 is 0. The van der Waals surface area contributed by atoms with Crippen molar-refractivity contribution < 1.29 is 35.6 Å². The van der Waals surface area contributed by atoms with Gasteiger partial charge in [-0.3, -0.25) is 0 Å². The van der Waals surface area contributed by atoms with E-state index < -0.39 is 23.5 Å². The normalized spacial score (nSPS) is 12.7. The molecule has 0 unspecified atom stereocenters. The number of halogens is 6. The molecule has 0 N–H and O–H groups in total. The first-order chi connectivity index (χ1) is 13.5. The SMILES string of the molecule is COc1ccc2c(C=Cc3ccc(C(F)(F)F)cc3)[n+](C)cc(C(F)(F)F)c2c1. The Labute approximate surface area is 162 Å². The monoisotopic (exact) mass is 412 g/mol. The molecule has 3 aromatic rings. The highest BCUT2D eigenvalue weighted by Crippen LogP contribution is 2.36. The summed E-state index contributed by atoms with van der Waals surface area (Å²) in [4.78, 5) is 0. The molecule has 0 saturated carbocycles. The van der Waals surface area contributed by atoms with Crippen LogP contribution in [0.3, 0.4) is 0 Å². The highest BCUT2D eigenvalue weighted by Gasteiger charge is 2.36. The van der Waals surface area contributed by atoms with Crippen LogP contribution in [0.15, 0.2) is 48.7 Å². The lowest BCUT2D eigenvalue weighted by Crippen LogP contribution is -2.33. The number of methoxy groups -OCH3 is 1. The topological polar surface area (TPSA) is 13.1 Å². The van der Waals surface area contributed by atoms with Crippen molar-refractivity contribution in [2.75, 3.05) is 7.11 Å². The molecule has 0 radical (unpaired) electrons. The molecule has 0 aliphatic carbocycles. The van der Waals surface area contributed by atoms with Gasteiger partial charge in [0.05, 0.1) is 18.1 Å². The first-order valence-electron chi connectivity index (χ1n) is 8.43. The fourth-order valence-corrected chi connectivity index (χ4v) is 3.01. The molecule has 0 aliphatic heterocycles. The van der Waals surface area contributed by atoms with Crippen molar-refractivity contribution in [1.29, 1.82) is 0 Å². The zero-order valence-electron chi connectivity index (χ0n) is 15.4. The standard InChI is InChI=1S/C21H16F6NO/c1-28-12-18(21(25,26)27)17-11-15(29-2)8-9-16(17)19(28)10-5-13-3-6-14(7-4-13)20(22,23)24/h3-12H,1-2H3/q+1. The molecule has 0 aliphatic rings. The predicted octanol–water partition coefficient (Wildman–Crippen LogP) is 5.88. The number of nitrogens with zero attached hydrogens (tertiary/aromatic N) is 1. The summed E-state index contributed by atoms with van der Waals surface area (Å²) in [7, 11) is 2.84. The maximum absolute atomic E-state index is 13.5. The largest absolute Gasteiger partial charge is 0.497 e. The van der Waals surface area contributed by atoms with Crippen LogP contribution in [0, 0.1) is 0 Å². The van der Waals surface area contributed by atoms with Crippen molar-refractivity contribution in [3.05, 3.63) is 71.0 Å². The highest BCUT2D eigenvalue weighted by atomic mass is 19.4. The molecular weight excluding hydrogens is 396 g/mol. The van der Waals surface area contributed by atoms with E-state index in [1.54, 1.807) is 18.2 Å². The Hall–Kier alpha value is -3.03. The van der Waals surface area contributed by atoms with E-state index in [2.05, 4.69) is 0 Å². The summed E-state index contributed by atoms with van der Waals surface area (Å²) in [5.41, 5.74) is -0.622. The van der Waals surface area contributed by atoms with Crippen molar-refractivity contribution in [1.82, 2.24) is 0 Å². The minimum atomic E-state index is -4.56. The lowest BCUT2D eigenvalue weighted by atomic mass is 10.0. The Kier molecular flexibility index (Phi) is 5.30. The highest BCUT2D eigenvalue weighted by molar-refractivity contribution is 5.93. The Bertz CT molecular complexity index is 1070. The summed E-state index contributed by atoms with van der Waals surface area (Å²) in [6.07, 6.45) is -4.90. The molecule has 0 atom stereocenters. The average molecular weight is 412 g/mol. The lowest BCUT2D eigenvalue weighted by Gasteiger charge is -2.12. The molecule has 8 heteroatoms. The fraction of sp³-hybridized carbons (Fsp3) is 0.190. The minimum absolute atomic E-state index is 0.0259. The summed E-state index contributed by atoms with van der Waals surface area (Å²) in [5.74, 6) is 0.287. The summed E-state index contributed by atoms with van der Waals surface area (Å²) in [6.45, 7) is 0. The van der Waals surface area contributed by atoms with Crippen LogP contribution in [0.4, 0.5) is 26.3 Å². The van der Waals surface area contributed by atoms with Gasteiger partial charge in [0.1, 0.15) is 18.4 Å². The molecule has 0 bridgehead atoms. The second-order valence-electron chi connectivity index (χ2n) is 6.40. The molecule has 2 nitrogen and oxygen atoms in total. The van der Waals surface area contributed by atoms with Crippen molar-refractivity contribution in [2.24, 2.45) is 7.05 Å². The summed E-state index contributed by atoms with van der Waals surface area (Å²) in [5, 5.41) is 0.313. The number of aromatic nitrogens is 1. The lowest BCUT2D eigenvalue weighted by molar-refractivity contribution is -0.672. The Morgan fingerprint density at radius 3 is 2.03 bits per heavy atom. The van der Waals surface area contributed by atoms with Gasteiger partial charge in [-0.2, -0.15) is 26.3 Å². The first-order valence-corrected chi connectivity index (χ1v) is 8.43. The molecule has 0 fully saturated rings. The van der Waals surface area contributed by atoms with Crippen LogP contribution in [-0.2, 0) is 19.4 Å². The average Bonchev–Trinajstić information content (AvgIpc) is 2.65. The molecule has 0 spiro atoms. The second-order valence-corrected chi connectivity index (χ2v) is 6.40. The van der Waals surface area contributed by atoms with Crippen molar-refractivity contribution in [2.45, 2.75) is 12.4 Å². The van der Waals surface area contributed by atoms with Gasteiger partial charge in [-0.05, 0) is 42.0 Å². The van der Waals surface area contributed by atoms with Gasteiger partial charge in [0, 0.05) is 11.5 Å². The molecule has 0 saturated heterocycles. The zero-order valence-corrected chi connectivity index (χ0v) is 15.4. The van der Waals surface area contributed by atoms with Crippen molar-refractivity contribution >= 4 is 22.9 Å². The Morgan fingerprint density at radius 2 is 1.48 bits per heavy atom. The van der Waals surface area contributed by atoms with Crippen LogP contribution in [-0.4, -0.2) is 7.11 Å². The van der Waals surface area contributed by atoms with E-state index in [4.69, 9.17) is 4.74 Å². The first kappa shape index (κ1) is 20.7. The van der Waals surface area contributed by atoms with Gasteiger partial charge in [0.15, 0.2) is 6.20 Å². The quantitative estimate of drug-likeness (QED) is 0.387. The van der Waals surface area contributed by atoms with Crippen molar-refractivity contribution in [3.8, 4) is 5.75 Å². The van der Waals surface area contributed by atoms with Gasteiger partial charge >= 0.3 is 12.4 Å². The predicted molar refractivity (Wildman–Crippen MR) is 97.1 cm³/mol. The Balaban J connectivity index is 2.10. The third kappa shape index (κ3) is 4.36. The van der Waals surface area contributed by atoms with Crippen LogP contribution in [0.1, 0.15) is 22.4 Å². The van der Waals surface area contributed by atoms with Crippen molar-refractivity contribution in [3.63, 3.8) is 0 Å². The van der Waals surface area contributed by atoms with E-state index in [0.717, 1.165) is 18.3 Å². The summed E-state index contributed by atoms with van der Waals surface area (Å²) < 4.78 is 84.8. The van der Waals surface area contributed by atoms with Crippen LogP contribution >= 0.6 is 0 Å². The van der Waals surface area contributed by atoms with E-state index in [1.165, 1.54) is 43.0 Å². The van der Waals surface area contributed by atoms with Crippen LogP contribution in [0.25, 0.3) is 22.9 Å². The molecule has 1 aromatic heterocycles. The number of alkyl halides is 6. The van der Waals surface area contributed by atoms with Crippen LogP contribution in [0.2, 0.25) is 0 Å². The number of benzene rings is 2. The molecular formula is C21H16F6NO+. The zero-order chi connectivity index (χ0) is 21.4. The van der Waals surface area contributed by atoms with E-state index in [0.29, 0.717) is 16.6 Å². The summed E-state index contributed by atoms with van der Waals surface area (Å²) in [6, 6.07) is 8.90. The number of ether oxygens (including phenoxy) is 1. The molecule has 0 amide bonds.